The van der Waals surface area contributed by atoms with Crippen molar-refractivity contribution in [3.05, 3.63) is 35.7 Å². The molecule has 0 aliphatic carbocycles. The summed E-state index contributed by atoms with van der Waals surface area (Å²) in [5, 5.41) is 14.2. The van der Waals surface area contributed by atoms with E-state index in [0.29, 0.717) is 12.4 Å². The fraction of sp³-hybridized carbons (Fsp3) is 0.385. The minimum Gasteiger partial charge on any atom is -0.372 e. The van der Waals surface area contributed by atoms with Gasteiger partial charge in [-0.15, -0.1) is 5.10 Å². The number of rotatable bonds is 6. The molecular weight excluding hydrogens is 258 g/mol. The van der Waals surface area contributed by atoms with Crippen molar-refractivity contribution >= 4 is 5.91 Å². The lowest BCUT2D eigenvalue weighted by molar-refractivity contribution is -0.125. The van der Waals surface area contributed by atoms with Crippen LogP contribution < -0.4 is 5.32 Å². The quantitative estimate of drug-likeness (QED) is 0.836. The van der Waals surface area contributed by atoms with E-state index in [0.717, 1.165) is 11.3 Å². The topological polar surface area (TPSA) is 81.9 Å². The zero-order valence-corrected chi connectivity index (χ0v) is 11.5. The van der Waals surface area contributed by atoms with Crippen LogP contribution in [0.25, 0.3) is 5.69 Å². The Hall–Kier alpha value is -2.28. The molecule has 0 spiro atoms. The minimum absolute atomic E-state index is 0.0442. The lowest BCUT2D eigenvalue weighted by Gasteiger charge is -2.06. The molecule has 0 aliphatic rings. The van der Waals surface area contributed by atoms with Gasteiger partial charge in [0.05, 0.1) is 12.2 Å². The van der Waals surface area contributed by atoms with Gasteiger partial charge in [-0.1, -0.05) is 17.7 Å². The SMILES string of the molecule is CCOCC(=O)NCc1nnnn1-c1ccc(C)cc1. The number of carbonyl (C=O) groups is 1. The fourth-order valence-corrected chi connectivity index (χ4v) is 1.63. The average Bonchev–Trinajstić information content (AvgIpc) is 2.92. The smallest absolute Gasteiger partial charge is 0.246 e. The molecule has 0 radical (unpaired) electrons. The maximum Gasteiger partial charge on any atom is 0.246 e. The number of aryl methyl sites for hydroxylation is 1. The van der Waals surface area contributed by atoms with Crippen molar-refractivity contribution in [3.63, 3.8) is 0 Å². The zero-order valence-electron chi connectivity index (χ0n) is 11.5. The first-order valence-corrected chi connectivity index (χ1v) is 6.39. The highest BCUT2D eigenvalue weighted by atomic mass is 16.5. The van der Waals surface area contributed by atoms with Crippen molar-refractivity contribution in [2.45, 2.75) is 20.4 Å². The Labute approximate surface area is 116 Å². The summed E-state index contributed by atoms with van der Waals surface area (Å²) in [6.45, 7) is 4.66. The Bertz CT molecular complexity index is 564. The second-order valence-electron chi connectivity index (χ2n) is 4.26. The van der Waals surface area contributed by atoms with Crippen molar-refractivity contribution in [3.8, 4) is 5.69 Å². The van der Waals surface area contributed by atoms with E-state index in [4.69, 9.17) is 4.74 Å². The van der Waals surface area contributed by atoms with Gasteiger partial charge in [0.15, 0.2) is 5.82 Å². The lowest BCUT2D eigenvalue weighted by Crippen LogP contribution is -2.28. The maximum atomic E-state index is 11.5. The largest absolute Gasteiger partial charge is 0.372 e. The molecule has 1 N–H and O–H groups in total. The number of ether oxygens (including phenoxy) is 1. The van der Waals surface area contributed by atoms with Crippen LogP contribution in [0.1, 0.15) is 18.3 Å². The van der Waals surface area contributed by atoms with Crippen LogP contribution in [0, 0.1) is 6.92 Å². The summed E-state index contributed by atoms with van der Waals surface area (Å²) in [4.78, 5) is 11.5. The summed E-state index contributed by atoms with van der Waals surface area (Å²) in [5.74, 6) is 0.379. The molecule has 0 saturated heterocycles. The third-order valence-corrected chi connectivity index (χ3v) is 2.69. The molecule has 1 amide bonds. The first-order chi connectivity index (χ1) is 9.70. The van der Waals surface area contributed by atoms with Gasteiger partial charge < -0.3 is 10.1 Å². The van der Waals surface area contributed by atoms with Crippen LogP contribution in [0.4, 0.5) is 0 Å². The van der Waals surface area contributed by atoms with Crippen molar-refractivity contribution < 1.29 is 9.53 Å². The Kier molecular flexibility index (Phi) is 4.78. The molecule has 1 aromatic heterocycles. The summed E-state index contributed by atoms with van der Waals surface area (Å²) in [5.41, 5.74) is 2.02. The zero-order chi connectivity index (χ0) is 14.4. The molecule has 1 aromatic carbocycles. The summed E-state index contributed by atoms with van der Waals surface area (Å²) in [7, 11) is 0. The molecule has 0 atom stereocenters. The highest BCUT2D eigenvalue weighted by Gasteiger charge is 2.09. The van der Waals surface area contributed by atoms with Crippen molar-refractivity contribution in [1.29, 1.82) is 0 Å². The van der Waals surface area contributed by atoms with Gasteiger partial charge in [0.25, 0.3) is 0 Å². The van der Waals surface area contributed by atoms with Gasteiger partial charge in [-0.25, -0.2) is 0 Å². The average molecular weight is 275 g/mol. The van der Waals surface area contributed by atoms with Crippen LogP contribution in [-0.2, 0) is 16.1 Å². The minimum atomic E-state index is -0.190. The molecule has 0 unspecified atom stereocenters. The summed E-state index contributed by atoms with van der Waals surface area (Å²) >= 11 is 0. The number of amides is 1. The molecule has 7 heteroatoms. The van der Waals surface area contributed by atoms with Gasteiger partial charge in [-0.2, -0.15) is 4.68 Å². The number of nitrogens with zero attached hydrogens (tertiary/aromatic N) is 4. The van der Waals surface area contributed by atoms with Gasteiger partial charge in [0.2, 0.25) is 5.91 Å². The Morgan fingerprint density at radius 3 is 2.80 bits per heavy atom. The number of hydrogen-bond acceptors (Lipinski definition) is 5. The number of aromatic nitrogens is 4. The predicted octanol–water partition coefficient (Wildman–Crippen LogP) is 0.623. The van der Waals surface area contributed by atoms with Gasteiger partial charge in [0, 0.05) is 6.61 Å². The van der Waals surface area contributed by atoms with Gasteiger partial charge in [-0.3, -0.25) is 4.79 Å². The van der Waals surface area contributed by atoms with Crippen LogP contribution in [0.2, 0.25) is 0 Å². The maximum absolute atomic E-state index is 11.5. The first-order valence-electron chi connectivity index (χ1n) is 6.39. The van der Waals surface area contributed by atoms with Crippen molar-refractivity contribution in [2.24, 2.45) is 0 Å². The van der Waals surface area contributed by atoms with Crippen LogP contribution in [-0.4, -0.2) is 39.3 Å². The molecule has 1 heterocycles. The predicted molar refractivity (Wildman–Crippen MR) is 72.2 cm³/mol. The van der Waals surface area contributed by atoms with E-state index in [1.54, 1.807) is 4.68 Å². The van der Waals surface area contributed by atoms with Crippen molar-refractivity contribution in [2.75, 3.05) is 13.2 Å². The molecule has 0 fully saturated rings. The molecule has 2 rings (SSSR count). The van der Waals surface area contributed by atoms with E-state index >= 15 is 0 Å². The Morgan fingerprint density at radius 1 is 1.35 bits per heavy atom. The molecule has 7 nitrogen and oxygen atoms in total. The third-order valence-electron chi connectivity index (χ3n) is 2.69. The van der Waals surface area contributed by atoms with E-state index in [9.17, 15) is 4.79 Å². The number of carbonyl (C=O) groups excluding carboxylic acids is 1. The summed E-state index contributed by atoms with van der Waals surface area (Å²) < 4.78 is 6.62. The Morgan fingerprint density at radius 2 is 2.10 bits per heavy atom. The van der Waals surface area contributed by atoms with E-state index in [-0.39, 0.29) is 19.1 Å². The highest BCUT2D eigenvalue weighted by molar-refractivity contribution is 5.77. The molecule has 2 aromatic rings. The van der Waals surface area contributed by atoms with Gasteiger partial charge >= 0.3 is 0 Å². The van der Waals surface area contributed by atoms with E-state index < -0.39 is 0 Å². The van der Waals surface area contributed by atoms with E-state index in [2.05, 4.69) is 20.8 Å². The number of tetrazole rings is 1. The Balaban J connectivity index is 2.02. The molecule has 0 bridgehead atoms. The molecule has 20 heavy (non-hydrogen) atoms. The molecule has 0 aliphatic heterocycles. The number of hydrogen-bond donors (Lipinski definition) is 1. The summed E-state index contributed by atoms with van der Waals surface area (Å²) in [6.07, 6.45) is 0. The second-order valence-corrected chi connectivity index (χ2v) is 4.26. The third kappa shape index (κ3) is 3.61. The van der Waals surface area contributed by atoms with Crippen LogP contribution in [0.15, 0.2) is 24.3 Å². The van der Waals surface area contributed by atoms with Crippen LogP contribution >= 0.6 is 0 Å². The second kappa shape index (κ2) is 6.76. The fourth-order valence-electron chi connectivity index (χ4n) is 1.63. The van der Waals surface area contributed by atoms with Gasteiger partial charge in [-0.05, 0) is 36.4 Å². The van der Waals surface area contributed by atoms with Crippen molar-refractivity contribution in [1.82, 2.24) is 25.5 Å². The first kappa shape index (κ1) is 14.1. The standard InChI is InChI=1S/C13H17N5O2/c1-3-20-9-13(19)14-8-12-15-16-17-18(12)11-6-4-10(2)5-7-11/h4-7H,3,8-9H2,1-2H3,(H,14,19). The lowest BCUT2D eigenvalue weighted by atomic mass is 10.2. The van der Waals surface area contributed by atoms with Crippen LogP contribution in [0.3, 0.4) is 0 Å². The molecular formula is C13H17N5O2. The monoisotopic (exact) mass is 275 g/mol. The molecule has 0 saturated carbocycles. The van der Waals surface area contributed by atoms with Crippen LogP contribution in [0.5, 0.6) is 0 Å². The van der Waals surface area contributed by atoms with E-state index in [1.807, 2.05) is 38.1 Å². The highest BCUT2D eigenvalue weighted by Crippen LogP contribution is 2.09. The molecule has 106 valence electrons. The van der Waals surface area contributed by atoms with Gasteiger partial charge in [0.1, 0.15) is 6.61 Å². The normalized spacial score (nSPS) is 10.5. The van der Waals surface area contributed by atoms with E-state index in [1.165, 1.54) is 0 Å². The summed E-state index contributed by atoms with van der Waals surface area (Å²) in [6, 6.07) is 7.82. The number of benzene rings is 1. The number of nitrogens with one attached hydrogen (secondary N) is 1.